The third-order valence-corrected chi connectivity index (χ3v) is 2.39. The molecule has 0 aromatic carbocycles. The van der Waals surface area contributed by atoms with Crippen LogP contribution in [-0.4, -0.2) is 62.4 Å². The topological polar surface area (TPSA) is 80.8 Å². The van der Waals surface area contributed by atoms with Gasteiger partial charge in [-0.05, 0) is 13.8 Å². The maximum atomic E-state index is 9.60. The summed E-state index contributed by atoms with van der Waals surface area (Å²) >= 11 is 0. The van der Waals surface area contributed by atoms with E-state index in [1.807, 2.05) is 6.92 Å². The Labute approximate surface area is 113 Å². The lowest BCUT2D eigenvalue weighted by atomic mass is 10.4. The fourth-order valence-electron chi connectivity index (χ4n) is 1.01. The monoisotopic (exact) mass is 274 g/mol. The zero-order chi connectivity index (χ0) is 14.3. The highest BCUT2D eigenvalue weighted by atomic mass is 16.6. The van der Waals surface area contributed by atoms with E-state index in [4.69, 9.17) is 24.1 Å². The van der Waals surface area contributed by atoms with Crippen molar-refractivity contribution >= 4 is 5.97 Å². The molecule has 2 aliphatic heterocycles. The Bertz CT molecular complexity index is 284. The summed E-state index contributed by atoms with van der Waals surface area (Å²) < 4.78 is 20.9. The maximum Gasteiger partial charge on any atom is 0.330 e. The van der Waals surface area contributed by atoms with Crippen molar-refractivity contribution < 1.29 is 28.8 Å². The van der Waals surface area contributed by atoms with Gasteiger partial charge in [0.1, 0.15) is 12.2 Å². The zero-order valence-electron chi connectivity index (χ0n) is 11.5. The van der Waals surface area contributed by atoms with Crippen LogP contribution in [0.2, 0.25) is 0 Å². The molecule has 0 aromatic heterocycles. The number of hydrogen-bond acceptors (Lipinski definition) is 5. The minimum Gasteiger partial charge on any atom is -0.478 e. The molecule has 2 fully saturated rings. The molecule has 0 aliphatic carbocycles. The third-order valence-electron chi connectivity index (χ3n) is 2.39. The van der Waals surface area contributed by atoms with Gasteiger partial charge in [-0.1, -0.05) is 6.58 Å². The summed E-state index contributed by atoms with van der Waals surface area (Å²) in [7, 11) is 0. The fourth-order valence-corrected chi connectivity index (χ4v) is 1.01. The number of epoxide rings is 2. The van der Waals surface area contributed by atoms with Crippen molar-refractivity contribution in [2.75, 3.05) is 33.0 Å². The van der Waals surface area contributed by atoms with Gasteiger partial charge in [-0.25, -0.2) is 4.79 Å². The van der Waals surface area contributed by atoms with Crippen LogP contribution in [0, 0.1) is 0 Å². The van der Waals surface area contributed by atoms with E-state index in [1.54, 1.807) is 0 Å². The highest BCUT2D eigenvalue weighted by Crippen LogP contribution is 2.11. The SMILES string of the molecule is C=C(C)C(=O)O.CC(COCC1CO1)OCC1CO1. The standard InChI is InChI=1S/C9H16O4.C4H6O2/c1-7(11-4-9-6-13-9)2-10-3-8-5-12-8;1-3(2)4(5)6/h7-9H,2-6H2,1H3;1H2,2H3,(H,5,6). The van der Waals surface area contributed by atoms with E-state index in [0.717, 1.165) is 13.2 Å². The summed E-state index contributed by atoms with van der Waals surface area (Å²) in [6, 6.07) is 0. The largest absolute Gasteiger partial charge is 0.478 e. The highest BCUT2D eigenvalue weighted by molar-refractivity contribution is 5.84. The summed E-state index contributed by atoms with van der Waals surface area (Å²) in [5.74, 6) is -0.935. The molecule has 110 valence electrons. The molecule has 0 aromatic rings. The van der Waals surface area contributed by atoms with Crippen molar-refractivity contribution in [1.29, 1.82) is 0 Å². The van der Waals surface area contributed by atoms with E-state index in [-0.39, 0.29) is 11.7 Å². The van der Waals surface area contributed by atoms with Crippen molar-refractivity contribution in [1.82, 2.24) is 0 Å². The lowest BCUT2D eigenvalue weighted by molar-refractivity contribution is -0.132. The minimum atomic E-state index is -0.935. The summed E-state index contributed by atoms with van der Waals surface area (Å²) in [5, 5.41) is 7.89. The summed E-state index contributed by atoms with van der Waals surface area (Å²) in [6.45, 7) is 10.4. The Balaban J connectivity index is 0.000000258. The van der Waals surface area contributed by atoms with Gasteiger partial charge in [-0.15, -0.1) is 0 Å². The van der Waals surface area contributed by atoms with Crippen LogP contribution in [0.15, 0.2) is 12.2 Å². The first kappa shape index (κ1) is 16.1. The van der Waals surface area contributed by atoms with Crippen molar-refractivity contribution in [3.63, 3.8) is 0 Å². The predicted octanol–water partition coefficient (Wildman–Crippen LogP) is 0.853. The number of aliphatic carboxylic acids is 1. The number of hydrogen-bond donors (Lipinski definition) is 1. The van der Waals surface area contributed by atoms with E-state index in [2.05, 4.69) is 6.58 Å². The average molecular weight is 274 g/mol. The van der Waals surface area contributed by atoms with Crippen molar-refractivity contribution in [3.05, 3.63) is 12.2 Å². The lowest BCUT2D eigenvalue weighted by Gasteiger charge is -2.11. The lowest BCUT2D eigenvalue weighted by Crippen LogP contribution is -2.19. The van der Waals surface area contributed by atoms with Crippen molar-refractivity contribution in [2.24, 2.45) is 0 Å². The molecule has 6 heteroatoms. The van der Waals surface area contributed by atoms with Gasteiger partial charge < -0.3 is 24.1 Å². The van der Waals surface area contributed by atoms with Crippen LogP contribution in [0.4, 0.5) is 0 Å². The molecule has 2 rings (SSSR count). The molecule has 2 saturated heterocycles. The number of carboxylic acids is 1. The fraction of sp³-hybridized carbons (Fsp3) is 0.769. The number of rotatable bonds is 8. The molecule has 3 unspecified atom stereocenters. The first-order valence-electron chi connectivity index (χ1n) is 6.30. The van der Waals surface area contributed by atoms with E-state index >= 15 is 0 Å². The maximum absolute atomic E-state index is 9.60. The Morgan fingerprint density at radius 3 is 2.26 bits per heavy atom. The van der Waals surface area contributed by atoms with Gasteiger partial charge in [0.2, 0.25) is 0 Å². The van der Waals surface area contributed by atoms with Crippen LogP contribution < -0.4 is 0 Å². The van der Waals surface area contributed by atoms with Gasteiger partial charge in [-0.2, -0.15) is 0 Å². The predicted molar refractivity (Wildman–Crippen MR) is 68.2 cm³/mol. The second-order valence-corrected chi connectivity index (χ2v) is 4.68. The molecular weight excluding hydrogens is 252 g/mol. The second kappa shape index (κ2) is 8.27. The quantitative estimate of drug-likeness (QED) is 0.522. The second-order valence-electron chi connectivity index (χ2n) is 4.68. The van der Waals surface area contributed by atoms with Crippen molar-refractivity contribution in [3.8, 4) is 0 Å². The van der Waals surface area contributed by atoms with Gasteiger partial charge in [0.15, 0.2) is 0 Å². The molecule has 0 saturated carbocycles. The van der Waals surface area contributed by atoms with Crippen LogP contribution in [-0.2, 0) is 23.7 Å². The number of ether oxygens (including phenoxy) is 4. The molecule has 1 N–H and O–H groups in total. The number of carboxylic acid groups (broad SMARTS) is 1. The van der Waals surface area contributed by atoms with E-state index < -0.39 is 5.97 Å². The first-order valence-corrected chi connectivity index (χ1v) is 6.30. The zero-order valence-corrected chi connectivity index (χ0v) is 11.5. The Kier molecular flexibility index (Phi) is 7.01. The third kappa shape index (κ3) is 9.61. The normalized spacial score (nSPS) is 24.9. The van der Waals surface area contributed by atoms with Crippen LogP contribution in [0.25, 0.3) is 0 Å². The van der Waals surface area contributed by atoms with Crippen molar-refractivity contribution in [2.45, 2.75) is 32.2 Å². The molecule has 2 aliphatic rings. The first-order chi connectivity index (χ1) is 8.99. The average Bonchev–Trinajstić information content (AvgIpc) is 3.22. The van der Waals surface area contributed by atoms with Gasteiger partial charge in [-0.3, -0.25) is 0 Å². The Morgan fingerprint density at radius 2 is 1.84 bits per heavy atom. The van der Waals surface area contributed by atoms with Crippen LogP contribution >= 0.6 is 0 Å². The van der Waals surface area contributed by atoms with Gasteiger partial charge in [0.05, 0.1) is 39.1 Å². The molecule has 3 atom stereocenters. The van der Waals surface area contributed by atoms with Gasteiger partial charge in [0, 0.05) is 5.57 Å². The smallest absolute Gasteiger partial charge is 0.330 e. The molecule has 0 amide bonds. The van der Waals surface area contributed by atoms with E-state index in [9.17, 15) is 4.79 Å². The molecular formula is C13H22O6. The molecule has 6 nitrogen and oxygen atoms in total. The van der Waals surface area contributed by atoms with Crippen LogP contribution in [0.3, 0.4) is 0 Å². The van der Waals surface area contributed by atoms with Crippen LogP contribution in [0.1, 0.15) is 13.8 Å². The molecule has 0 bridgehead atoms. The Hall–Kier alpha value is -0.950. The number of carbonyl (C=O) groups is 1. The molecule has 0 spiro atoms. The molecule has 2 heterocycles. The minimum absolute atomic E-state index is 0.156. The van der Waals surface area contributed by atoms with E-state index in [0.29, 0.717) is 32.0 Å². The van der Waals surface area contributed by atoms with Gasteiger partial charge >= 0.3 is 5.97 Å². The molecule has 19 heavy (non-hydrogen) atoms. The summed E-state index contributed by atoms with van der Waals surface area (Å²) in [4.78, 5) is 9.60. The highest BCUT2D eigenvalue weighted by Gasteiger charge is 2.24. The Morgan fingerprint density at radius 1 is 1.37 bits per heavy atom. The molecule has 0 radical (unpaired) electrons. The van der Waals surface area contributed by atoms with Gasteiger partial charge in [0.25, 0.3) is 0 Å². The van der Waals surface area contributed by atoms with E-state index in [1.165, 1.54) is 6.92 Å². The summed E-state index contributed by atoms with van der Waals surface area (Å²) in [5.41, 5.74) is 0.176. The summed E-state index contributed by atoms with van der Waals surface area (Å²) in [6.07, 6.45) is 0.844. The van der Waals surface area contributed by atoms with Crippen LogP contribution in [0.5, 0.6) is 0 Å².